The molecule has 2 aromatic rings. The first kappa shape index (κ1) is 15.0. The Labute approximate surface area is 122 Å². The van der Waals surface area contributed by atoms with Crippen molar-refractivity contribution < 1.29 is 17.5 Å². The third-order valence-corrected chi connectivity index (χ3v) is 4.56. The molecule has 0 spiro atoms. The van der Waals surface area contributed by atoms with Gasteiger partial charge in [-0.3, -0.25) is 10.3 Å². The molecule has 0 aliphatic carbocycles. The van der Waals surface area contributed by atoms with Crippen LogP contribution in [0.3, 0.4) is 0 Å². The maximum absolute atomic E-state index is 10.7. The van der Waals surface area contributed by atoms with Crippen molar-refractivity contribution in [2.45, 2.75) is 19.4 Å². The minimum Gasteiger partial charge on any atom is -0.286 e. The molecule has 20 heavy (non-hydrogen) atoms. The fourth-order valence-electron chi connectivity index (χ4n) is 1.98. The molecule has 5 nitrogen and oxygen atoms in total. The number of nitrogens with two attached hydrogens (primary N) is 1. The average Bonchev–Trinajstić information content (AvgIpc) is 2.76. The summed E-state index contributed by atoms with van der Waals surface area (Å²) in [6, 6.07) is 9.90. The Kier molecular flexibility index (Phi) is 4.74. The molecule has 0 aliphatic heterocycles. The number of benzene rings is 1. The van der Waals surface area contributed by atoms with Crippen molar-refractivity contribution in [3.63, 3.8) is 0 Å². The van der Waals surface area contributed by atoms with Crippen LogP contribution in [0.25, 0.3) is 11.3 Å². The highest BCUT2D eigenvalue weighted by molar-refractivity contribution is 7.85. The molecule has 1 heterocycles. The van der Waals surface area contributed by atoms with Crippen molar-refractivity contribution in [2.75, 3.05) is 11.5 Å². The van der Waals surface area contributed by atoms with Crippen LogP contribution in [0.1, 0.15) is 12.8 Å². The van der Waals surface area contributed by atoms with E-state index in [2.05, 4.69) is 0 Å². The summed E-state index contributed by atoms with van der Waals surface area (Å²) in [7, 11) is -3.88. The van der Waals surface area contributed by atoms with Gasteiger partial charge in [-0.05, 0) is 12.8 Å². The summed E-state index contributed by atoms with van der Waals surface area (Å²) in [5.41, 5.74) is 8.07. The molecule has 0 bridgehead atoms. The summed E-state index contributed by atoms with van der Waals surface area (Å²) >= 11 is 1.46. The van der Waals surface area contributed by atoms with E-state index in [9.17, 15) is 8.42 Å². The molecule has 0 amide bonds. The van der Waals surface area contributed by atoms with E-state index in [0.29, 0.717) is 24.5 Å². The van der Waals surface area contributed by atoms with Crippen LogP contribution in [0.4, 0.5) is 5.13 Å². The van der Waals surface area contributed by atoms with Crippen molar-refractivity contribution in [2.24, 2.45) is 0 Å². The van der Waals surface area contributed by atoms with Gasteiger partial charge in [-0.2, -0.15) is 8.42 Å². The van der Waals surface area contributed by atoms with E-state index < -0.39 is 10.1 Å². The number of anilines is 1. The fourth-order valence-corrected chi connectivity index (χ4v) is 3.36. The first-order valence-electron chi connectivity index (χ1n) is 6.25. The number of thiazole rings is 1. The number of aromatic nitrogens is 1. The molecule has 0 unspecified atom stereocenters. The molecule has 3 N–H and O–H groups in total. The number of unbranched alkanes of at least 4 members (excludes halogenated alkanes) is 1. The van der Waals surface area contributed by atoms with Crippen LogP contribution in [0.2, 0.25) is 0 Å². The predicted octanol–water partition coefficient (Wildman–Crippen LogP) is 1.95. The summed E-state index contributed by atoms with van der Waals surface area (Å²) in [4.78, 5) is 0. The Morgan fingerprint density at radius 1 is 1.20 bits per heavy atom. The average molecular weight is 313 g/mol. The molecule has 7 heteroatoms. The maximum Gasteiger partial charge on any atom is 0.332 e. The summed E-state index contributed by atoms with van der Waals surface area (Å²) in [5, 5.41) is 2.68. The second-order valence-electron chi connectivity index (χ2n) is 4.47. The van der Waals surface area contributed by atoms with Crippen LogP contribution in [0.15, 0.2) is 35.7 Å². The Balaban J connectivity index is 2.07. The molecule has 108 valence electrons. The van der Waals surface area contributed by atoms with E-state index in [0.717, 1.165) is 11.3 Å². The van der Waals surface area contributed by atoms with Gasteiger partial charge >= 0.3 is 5.13 Å². The van der Waals surface area contributed by atoms with Crippen molar-refractivity contribution in [1.82, 2.24) is 0 Å². The minimum absolute atomic E-state index is 0.210. The second kappa shape index (κ2) is 6.34. The molecule has 0 radical (unpaired) electrons. The highest BCUT2D eigenvalue weighted by Crippen LogP contribution is 2.21. The zero-order chi connectivity index (χ0) is 14.6. The molecule has 1 aromatic carbocycles. The summed E-state index contributed by atoms with van der Waals surface area (Å²) in [6.45, 7) is 0.634. The van der Waals surface area contributed by atoms with E-state index in [1.165, 1.54) is 11.3 Å². The van der Waals surface area contributed by atoms with Crippen LogP contribution in [-0.4, -0.2) is 18.7 Å². The lowest BCUT2D eigenvalue weighted by molar-refractivity contribution is -0.668. The van der Waals surface area contributed by atoms with Crippen LogP contribution in [0.5, 0.6) is 0 Å². The number of nitrogens with zero attached hydrogens (tertiary/aromatic N) is 1. The lowest BCUT2D eigenvalue weighted by Gasteiger charge is -2.04. The third kappa shape index (κ3) is 4.03. The topological polar surface area (TPSA) is 84.3 Å². The molecule has 0 aliphatic rings. The molecule has 2 rings (SSSR count). The Morgan fingerprint density at radius 2 is 1.90 bits per heavy atom. The van der Waals surface area contributed by atoms with Crippen LogP contribution in [0, 0.1) is 0 Å². The summed E-state index contributed by atoms with van der Waals surface area (Å²) < 4.78 is 32.0. The predicted molar refractivity (Wildman–Crippen MR) is 80.0 cm³/mol. The Hall–Kier alpha value is -1.44. The van der Waals surface area contributed by atoms with Gasteiger partial charge < -0.3 is 0 Å². The van der Waals surface area contributed by atoms with E-state index >= 15 is 0 Å². The van der Waals surface area contributed by atoms with Crippen LogP contribution >= 0.6 is 11.3 Å². The van der Waals surface area contributed by atoms with Crippen molar-refractivity contribution in [1.29, 1.82) is 0 Å². The smallest absolute Gasteiger partial charge is 0.286 e. The summed E-state index contributed by atoms with van der Waals surface area (Å²) in [6.07, 6.45) is 1.06. The number of rotatable bonds is 6. The molecule has 0 fully saturated rings. The SMILES string of the molecule is Nc1scc(-c2ccccc2)[n+]1CCCCS(=O)(=O)O. The van der Waals surface area contributed by atoms with Crippen LogP contribution < -0.4 is 10.3 Å². The van der Waals surface area contributed by atoms with Gasteiger partial charge in [-0.25, -0.2) is 4.57 Å². The fraction of sp³-hybridized carbons (Fsp3) is 0.308. The largest absolute Gasteiger partial charge is 0.332 e. The highest BCUT2D eigenvalue weighted by atomic mass is 32.2. The first-order chi connectivity index (χ1) is 9.47. The monoisotopic (exact) mass is 313 g/mol. The van der Waals surface area contributed by atoms with E-state index in [-0.39, 0.29) is 5.75 Å². The van der Waals surface area contributed by atoms with Gasteiger partial charge in [0.2, 0.25) is 0 Å². The normalized spacial score (nSPS) is 11.7. The maximum atomic E-state index is 10.7. The molecular weight excluding hydrogens is 296 g/mol. The highest BCUT2D eigenvalue weighted by Gasteiger charge is 2.16. The Bertz CT molecular complexity index is 666. The zero-order valence-corrected chi connectivity index (χ0v) is 12.5. The number of nitrogen functional groups attached to an aromatic ring is 1. The third-order valence-electron chi connectivity index (χ3n) is 2.95. The molecule has 0 atom stereocenters. The van der Waals surface area contributed by atoms with Gasteiger partial charge in [0, 0.05) is 10.9 Å². The quantitative estimate of drug-likeness (QED) is 0.485. The Morgan fingerprint density at radius 3 is 2.55 bits per heavy atom. The van der Waals surface area contributed by atoms with E-state index in [1.54, 1.807) is 0 Å². The molecule has 0 saturated heterocycles. The lowest BCUT2D eigenvalue weighted by Crippen LogP contribution is -2.36. The van der Waals surface area contributed by atoms with Crippen molar-refractivity contribution >= 4 is 26.6 Å². The zero-order valence-electron chi connectivity index (χ0n) is 10.9. The van der Waals surface area contributed by atoms with Gasteiger partial charge in [0.05, 0.1) is 12.3 Å². The van der Waals surface area contributed by atoms with Gasteiger partial charge in [0.15, 0.2) is 0 Å². The van der Waals surface area contributed by atoms with Gasteiger partial charge in [0.25, 0.3) is 10.1 Å². The van der Waals surface area contributed by atoms with Crippen LogP contribution in [-0.2, 0) is 16.7 Å². The van der Waals surface area contributed by atoms with Crippen molar-refractivity contribution in [3.8, 4) is 11.3 Å². The van der Waals surface area contributed by atoms with Crippen molar-refractivity contribution in [3.05, 3.63) is 35.7 Å². The minimum atomic E-state index is -3.88. The lowest BCUT2D eigenvalue weighted by atomic mass is 10.2. The van der Waals surface area contributed by atoms with Gasteiger partial charge in [-0.15, -0.1) is 0 Å². The number of hydrogen-bond donors (Lipinski definition) is 2. The van der Waals surface area contributed by atoms with Gasteiger partial charge in [0.1, 0.15) is 5.69 Å². The molecule has 0 saturated carbocycles. The van der Waals surface area contributed by atoms with E-state index in [4.69, 9.17) is 10.3 Å². The molecular formula is C13H17N2O3S2+. The van der Waals surface area contributed by atoms with Gasteiger partial charge in [-0.1, -0.05) is 41.7 Å². The standard InChI is InChI=1S/C13H16N2O3S2/c14-13-15(8-4-5-9-20(16,17)18)12(10-19-13)11-6-2-1-3-7-11/h1-3,6-7,10,14H,4-5,8-9H2,(H,16,17,18)/p+1. The summed E-state index contributed by atoms with van der Waals surface area (Å²) in [5.74, 6) is -0.210. The second-order valence-corrected chi connectivity index (χ2v) is 6.93. The first-order valence-corrected chi connectivity index (χ1v) is 8.73. The number of hydrogen-bond acceptors (Lipinski definition) is 4. The van der Waals surface area contributed by atoms with E-state index in [1.807, 2.05) is 40.3 Å². The molecule has 1 aromatic heterocycles.